The zero-order valence-electron chi connectivity index (χ0n) is 29.4. The first-order valence-corrected chi connectivity index (χ1v) is 18.0. The number of aliphatic hydroxyl groups is 1. The van der Waals surface area contributed by atoms with Gasteiger partial charge in [-0.1, -0.05) is 45.6 Å². The van der Waals surface area contributed by atoms with Crippen LogP contribution in [0.15, 0.2) is 61.2 Å². The van der Waals surface area contributed by atoms with E-state index in [0.717, 1.165) is 117 Å². The number of aromatic nitrogens is 6. The molecule has 0 aromatic carbocycles. The quantitative estimate of drug-likeness (QED) is 0.0870. The van der Waals surface area contributed by atoms with Crippen LogP contribution in [0.25, 0.3) is 12.2 Å². The molecule has 278 valence electrons. The van der Waals surface area contributed by atoms with E-state index < -0.39 is 6.10 Å². The summed E-state index contributed by atoms with van der Waals surface area (Å²) < 4.78 is 0. The normalized spacial score (nSPS) is 13.7. The van der Waals surface area contributed by atoms with Crippen LogP contribution in [0, 0.1) is 13.8 Å². The van der Waals surface area contributed by atoms with E-state index in [2.05, 4.69) is 59.8 Å². The van der Waals surface area contributed by atoms with Gasteiger partial charge in [0, 0.05) is 66.8 Å². The molecule has 0 aliphatic carbocycles. The number of fused-ring (bicyclic) bond motifs is 2. The number of ketones is 1. The van der Waals surface area contributed by atoms with Crippen LogP contribution in [-0.2, 0) is 30.5 Å². The minimum atomic E-state index is -0.431. The smallest absolute Gasteiger partial charge is 0.155 e. The summed E-state index contributed by atoms with van der Waals surface area (Å²) in [4.78, 5) is 37.8. The van der Waals surface area contributed by atoms with Crippen molar-refractivity contribution < 1.29 is 9.90 Å². The van der Waals surface area contributed by atoms with Gasteiger partial charge < -0.3 is 15.7 Å². The topological polar surface area (TPSA) is 139 Å². The Labute approximate surface area is 310 Å². The maximum Gasteiger partial charge on any atom is 0.155 e. The van der Waals surface area contributed by atoms with Crippen molar-refractivity contribution in [3.05, 3.63) is 106 Å². The maximum absolute atomic E-state index is 11.9. The molecule has 2 aliphatic rings. The molecule has 52 heavy (non-hydrogen) atoms. The Morgan fingerprint density at radius 3 is 1.77 bits per heavy atom. The number of carbonyl (C=O) groups excluding carboxylic acids is 1. The van der Waals surface area contributed by atoms with Gasteiger partial charge in [-0.2, -0.15) is 0 Å². The molecule has 4 aromatic heterocycles. The zero-order valence-corrected chi connectivity index (χ0v) is 29.4. The molecule has 0 spiro atoms. The largest absolute Gasteiger partial charge is 0.389 e. The maximum atomic E-state index is 11.9. The molecule has 0 unspecified atom stereocenters. The number of hydrogen-bond donors (Lipinski definition) is 3. The summed E-state index contributed by atoms with van der Waals surface area (Å²) in [5.74, 6) is 3.73. The Kier molecular flexibility index (Phi) is 17.7. The van der Waals surface area contributed by atoms with Crippen LogP contribution < -0.4 is 10.6 Å². The number of hydrogen-bond acceptors (Lipinski definition) is 10. The van der Waals surface area contributed by atoms with E-state index in [1.54, 1.807) is 36.9 Å². The van der Waals surface area contributed by atoms with Crippen LogP contribution in [0.1, 0.15) is 112 Å². The lowest BCUT2D eigenvalue weighted by atomic mass is 10.0. The van der Waals surface area contributed by atoms with E-state index in [4.69, 9.17) is 4.98 Å². The third-order valence-electron chi connectivity index (χ3n) is 8.77. The molecular formula is C42H58N8O2. The highest BCUT2D eigenvalue weighted by Crippen LogP contribution is 2.22. The van der Waals surface area contributed by atoms with E-state index >= 15 is 0 Å². The van der Waals surface area contributed by atoms with E-state index in [9.17, 15) is 9.90 Å². The summed E-state index contributed by atoms with van der Waals surface area (Å²) in [6.07, 6.45) is 25.3. The van der Waals surface area contributed by atoms with Gasteiger partial charge in [0.1, 0.15) is 23.3 Å². The first-order chi connectivity index (χ1) is 24.4. The van der Waals surface area contributed by atoms with Gasteiger partial charge in [-0.15, -0.1) is 0 Å². The molecule has 10 heteroatoms. The molecule has 6 rings (SSSR count). The highest BCUT2D eigenvalue weighted by molar-refractivity contribution is 5.93. The molecule has 2 aliphatic heterocycles. The second-order valence-electron chi connectivity index (χ2n) is 13.0. The number of carbonyl (C=O) groups is 1. The van der Waals surface area contributed by atoms with Crippen LogP contribution >= 0.6 is 0 Å². The highest BCUT2D eigenvalue weighted by Gasteiger charge is 2.11. The van der Waals surface area contributed by atoms with Crippen LogP contribution in [0.5, 0.6) is 0 Å². The van der Waals surface area contributed by atoms with Gasteiger partial charge in [-0.25, -0.2) is 29.9 Å². The zero-order chi connectivity index (χ0) is 35.0. The first kappa shape index (κ1) is 41.6. The Balaban J connectivity index is 0.000000270. The fraction of sp³-hybridized carbons (Fsp3) is 0.452. The average Bonchev–Trinajstić information content (AvgIpc) is 3.15. The number of unbranched alkanes of at least 4 members (excludes halogenated alkanes) is 2. The molecule has 0 bridgehead atoms. The van der Waals surface area contributed by atoms with Crippen molar-refractivity contribution in [1.82, 2.24) is 29.9 Å². The van der Waals surface area contributed by atoms with Gasteiger partial charge in [0.15, 0.2) is 5.78 Å². The third kappa shape index (κ3) is 14.1. The standard InChI is InChI=1S/C20H26N4O.C20H24N4O.2CH4/c2*1-15-22-13-16(14-23-15)8-11-19(25)7-3-2-6-18-10-9-17-5-4-12-21-20(17)24-18;;/h8-11,13-14,19,25H,2-7,12H2,1H3,(H,21,24);8-11,13-14H,2-7,12H2,1H3,(H,21,24);2*1H4/b2*11-8+;;/t19-;;;/m1.../s1. The lowest BCUT2D eigenvalue weighted by Crippen LogP contribution is -2.14. The number of aryl methyl sites for hydroxylation is 6. The van der Waals surface area contributed by atoms with Gasteiger partial charge in [-0.3, -0.25) is 4.79 Å². The Morgan fingerprint density at radius 2 is 1.23 bits per heavy atom. The van der Waals surface area contributed by atoms with Crippen LogP contribution in [0.4, 0.5) is 11.6 Å². The summed E-state index contributed by atoms with van der Waals surface area (Å²) in [7, 11) is 0. The fourth-order valence-corrected chi connectivity index (χ4v) is 5.85. The summed E-state index contributed by atoms with van der Waals surface area (Å²) in [6.45, 7) is 5.73. The summed E-state index contributed by atoms with van der Waals surface area (Å²) >= 11 is 0. The summed E-state index contributed by atoms with van der Waals surface area (Å²) in [5, 5.41) is 16.8. The summed E-state index contributed by atoms with van der Waals surface area (Å²) in [6, 6.07) is 8.64. The molecule has 0 radical (unpaired) electrons. The van der Waals surface area contributed by atoms with Gasteiger partial charge in [0.05, 0.1) is 6.10 Å². The van der Waals surface area contributed by atoms with Crippen molar-refractivity contribution in [2.75, 3.05) is 23.7 Å². The number of allylic oxidation sites excluding steroid dienone is 1. The van der Waals surface area contributed by atoms with Crippen LogP contribution in [0.3, 0.4) is 0 Å². The second kappa shape index (κ2) is 22.2. The molecule has 1 atom stereocenters. The lowest BCUT2D eigenvalue weighted by Gasteiger charge is -2.17. The van der Waals surface area contributed by atoms with Crippen LogP contribution in [0.2, 0.25) is 0 Å². The van der Waals surface area contributed by atoms with Gasteiger partial charge in [0.2, 0.25) is 0 Å². The SMILES string of the molecule is C.C.Cc1ncc(/C=C/C(=O)CCCCc2ccc3c(n2)NCCC3)cn1.Cc1ncc(/C=C/[C@H](O)CCCCc2ccc3c(n2)NCCC3)cn1. The number of nitrogens with zero attached hydrogens (tertiary/aromatic N) is 6. The second-order valence-corrected chi connectivity index (χ2v) is 13.0. The first-order valence-electron chi connectivity index (χ1n) is 18.0. The minimum absolute atomic E-state index is 0. The highest BCUT2D eigenvalue weighted by atomic mass is 16.3. The molecular weight excluding hydrogens is 649 g/mol. The minimum Gasteiger partial charge on any atom is -0.389 e. The van der Waals surface area contributed by atoms with Crippen molar-refractivity contribution in [1.29, 1.82) is 0 Å². The van der Waals surface area contributed by atoms with E-state index in [1.807, 2.05) is 26.0 Å². The van der Waals surface area contributed by atoms with E-state index in [0.29, 0.717) is 6.42 Å². The Hall–Kier alpha value is -4.83. The number of pyridine rings is 2. The number of rotatable bonds is 14. The monoisotopic (exact) mass is 706 g/mol. The van der Waals surface area contributed by atoms with E-state index in [-0.39, 0.29) is 20.6 Å². The predicted octanol–water partition coefficient (Wildman–Crippen LogP) is 8.13. The fourth-order valence-electron chi connectivity index (χ4n) is 5.85. The average molecular weight is 707 g/mol. The molecule has 0 amide bonds. The molecule has 0 fully saturated rings. The van der Waals surface area contributed by atoms with Gasteiger partial charge in [0.25, 0.3) is 0 Å². The number of aliphatic hydroxyl groups excluding tert-OH is 1. The molecule has 4 aromatic rings. The van der Waals surface area contributed by atoms with Crippen molar-refractivity contribution in [2.24, 2.45) is 0 Å². The predicted molar refractivity (Wildman–Crippen MR) is 213 cm³/mol. The molecule has 0 saturated heterocycles. The molecule has 0 saturated carbocycles. The van der Waals surface area contributed by atoms with Gasteiger partial charge >= 0.3 is 0 Å². The van der Waals surface area contributed by atoms with Crippen molar-refractivity contribution in [3.63, 3.8) is 0 Å². The Bertz CT molecular complexity index is 1720. The third-order valence-corrected chi connectivity index (χ3v) is 8.77. The molecule has 6 heterocycles. The van der Waals surface area contributed by atoms with Crippen molar-refractivity contribution in [3.8, 4) is 0 Å². The van der Waals surface area contributed by atoms with E-state index in [1.165, 1.54) is 24.0 Å². The molecule has 3 N–H and O–H groups in total. The Morgan fingerprint density at radius 1 is 0.731 bits per heavy atom. The van der Waals surface area contributed by atoms with Crippen molar-refractivity contribution in [2.45, 2.75) is 112 Å². The number of anilines is 2. The molecule has 10 nitrogen and oxygen atoms in total. The van der Waals surface area contributed by atoms with Gasteiger partial charge in [-0.05, 0) is 113 Å². The van der Waals surface area contributed by atoms with Crippen molar-refractivity contribution >= 4 is 29.6 Å². The lowest BCUT2D eigenvalue weighted by molar-refractivity contribution is -0.114. The number of nitrogens with one attached hydrogen (secondary N) is 2. The summed E-state index contributed by atoms with van der Waals surface area (Å²) in [5.41, 5.74) is 6.65. The van der Waals surface area contributed by atoms with Crippen LogP contribution in [-0.4, -0.2) is 60.0 Å².